The topological polar surface area (TPSA) is 69.7 Å². The van der Waals surface area contributed by atoms with E-state index in [-0.39, 0.29) is 23.8 Å². The lowest BCUT2D eigenvalue weighted by Crippen LogP contribution is -2.52. The summed E-state index contributed by atoms with van der Waals surface area (Å²) >= 11 is 0. The first-order valence-corrected chi connectivity index (χ1v) is 6.87. The Labute approximate surface area is 113 Å². The molecule has 0 unspecified atom stereocenters. The highest BCUT2D eigenvalue weighted by Crippen LogP contribution is 2.21. The lowest BCUT2D eigenvalue weighted by atomic mass is 10.1. The quantitative estimate of drug-likeness (QED) is 0.711. The molecule has 6 heteroatoms. The van der Waals surface area contributed by atoms with Gasteiger partial charge in [0.1, 0.15) is 12.1 Å². The molecule has 2 saturated heterocycles. The van der Waals surface area contributed by atoms with E-state index in [0.717, 1.165) is 12.8 Å². The molecular weight excluding hydrogens is 246 g/mol. The molecule has 0 aromatic heterocycles. The van der Waals surface area contributed by atoms with Crippen LogP contribution in [0.4, 0.5) is 0 Å². The highest BCUT2D eigenvalue weighted by Gasteiger charge is 2.38. The van der Waals surface area contributed by atoms with Crippen molar-refractivity contribution in [1.29, 1.82) is 0 Å². The lowest BCUT2D eigenvalue weighted by Gasteiger charge is -2.31. The Hall–Kier alpha value is -1.59. The number of carbonyl (C=O) groups is 3. The minimum Gasteiger partial charge on any atom is -0.354 e. The molecule has 0 aromatic carbocycles. The van der Waals surface area contributed by atoms with E-state index in [1.807, 2.05) is 0 Å². The van der Waals surface area contributed by atoms with E-state index in [9.17, 15) is 14.4 Å². The van der Waals surface area contributed by atoms with Gasteiger partial charge in [-0.05, 0) is 26.2 Å². The fourth-order valence-electron chi connectivity index (χ4n) is 2.84. The molecule has 3 amide bonds. The first-order chi connectivity index (χ1) is 9.02. The number of amides is 3. The number of carbonyl (C=O) groups excluding carboxylic acids is 3. The van der Waals surface area contributed by atoms with Crippen LogP contribution in [0.2, 0.25) is 0 Å². The van der Waals surface area contributed by atoms with Gasteiger partial charge in [-0.1, -0.05) is 0 Å². The second kappa shape index (κ2) is 5.59. The fraction of sp³-hybridized carbons (Fsp3) is 0.769. The predicted molar refractivity (Wildman–Crippen MR) is 69.2 cm³/mol. The van der Waals surface area contributed by atoms with Crippen LogP contribution in [-0.2, 0) is 14.4 Å². The third-order valence-electron chi connectivity index (χ3n) is 3.95. The van der Waals surface area contributed by atoms with Gasteiger partial charge < -0.3 is 15.1 Å². The number of rotatable bonds is 1. The van der Waals surface area contributed by atoms with E-state index in [1.54, 1.807) is 16.7 Å². The van der Waals surface area contributed by atoms with Crippen LogP contribution in [0, 0.1) is 0 Å². The Morgan fingerprint density at radius 2 is 1.89 bits per heavy atom. The van der Waals surface area contributed by atoms with Gasteiger partial charge in [-0.25, -0.2) is 0 Å². The average molecular weight is 267 g/mol. The van der Waals surface area contributed by atoms with Gasteiger partial charge in [0.2, 0.25) is 17.7 Å². The van der Waals surface area contributed by atoms with Gasteiger partial charge in [0.25, 0.3) is 0 Å². The van der Waals surface area contributed by atoms with Gasteiger partial charge in [-0.2, -0.15) is 0 Å². The van der Waals surface area contributed by atoms with Crippen molar-refractivity contribution in [3.05, 3.63) is 0 Å². The molecule has 6 nitrogen and oxygen atoms in total. The molecule has 2 atom stereocenters. The van der Waals surface area contributed by atoms with Crippen LogP contribution in [0.3, 0.4) is 0 Å². The first kappa shape index (κ1) is 13.8. The number of nitrogens with zero attached hydrogens (tertiary/aromatic N) is 2. The summed E-state index contributed by atoms with van der Waals surface area (Å²) in [5, 5.41) is 2.79. The Morgan fingerprint density at radius 3 is 2.58 bits per heavy atom. The molecule has 2 aliphatic rings. The van der Waals surface area contributed by atoms with Gasteiger partial charge in [0, 0.05) is 26.6 Å². The standard InChI is InChI=1S/C13H21N3O3/c1-9-12(18)14-6-4-8-15(9)13(19)11-5-3-7-16(11)10(2)17/h9,11H,3-8H2,1-2H3,(H,14,18)/t9-,11-/m0/s1. The van der Waals surface area contributed by atoms with E-state index in [2.05, 4.69) is 5.32 Å². The van der Waals surface area contributed by atoms with Crippen LogP contribution >= 0.6 is 0 Å². The van der Waals surface area contributed by atoms with Crippen LogP contribution in [0.25, 0.3) is 0 Å². The largest absolute Gasteiger partial charge is 0.354 e. The zero-order chi connectivity index (χ0) is 14.0. The van der Waals surface area contributed by atoms with E-state index < -0.39 is 6.04 Å². The van der Waals surface area contributed by atoms with E-state index in [4.69, 9.17) is 0 Å². The molecule has 0 bridgehead atoms. The number of likely N-dealkylation sites (tertiary alicyclic amines) is 1. The van der Waals surface area contributed by atoms with E-state index >= 15 is 0 Å². The SMILES string of the molecule is CC(=O)N1CCC[C@H]1C(=O)N1CCCNC(=O)[C@@H]1C. The minimum absolute atomic E-state index is 0.0669. The van der Waals surface area contributed by atoms with Crippen molar-refractivity contribution in [3.8, 4) is 0 Å². The zero-order valence-corrected chi connectivity index (χ0v) is 11.5. The van der Waals surface area contributed by atoms with Gasteiger partial charge >= 0.3 is 0 Å². The fourth-order valence-corrected chi connectivity index (χ4v) is 2.84. The molecule has 106 valence electrons. The summed E-state index contributed by atoms with van der Waals surface area (Å²) in [5.74, 6) is -0.266. The second-order valence-corrected chi connectivity index (χ2v) is 5.22. The molecule has 0 radical (unpaired) electrons. The zero-order valence-electron chi connectivity index (χ0n) is 11.5. The number of nitrogens with one attached hydrogen (secondary N) is 1. The highest BCUT2D eigenvalue weighted by atomic mass is 16.2. The van der Waals surface area contributed by atoms with E-state index in [1.165, 1.54) is 6.92 Å². The smallest absolute Gasteiger partial charge is 0.246 e. The summed E-state index contributed by atoms with van der Waals surface area (Å²) < 4.78 is 0. The third kappa shape index (κ3) is 2.72. The Kier molecular flexibility index (Phi) is 4.07. The molecule has 0 spiro atoms. The molecule has 1 N–H and O–H groups in total. The van der Waals surface area contributed by atoms with Gasteiger partial charge in [-0.15, -0.1) is 0 Å². The number of hydrogen-bond acceptors (Lipinski definition) is 3. The third-order valence-corrected chi connectivity index (χ3v) is 3.95. The van der Waals surface area contributed by atoms with Crippen LogP contribution in [-0.4, -0.2) is 59.2 Å². The summed E-state index contributed by atoms with van der Waals surface area (Å²) in [6.07, 6.45) is 2.31. The van der Waals surface area contributed by atoms with Gasteiger partial charge in [-0.3, -0.25) is 14.4 Å². The van der Waals surface area contributed by atoms with Crippen LogP contribution in [0.1, 0.15) is 33.1 Å². The molecule has 0 saturated carbocycles. The van der Waals surface area contributed by atoms with E-state index in [0.29, 0.717) is 26.1 Å². The van der Waals surface area contributed by atoms with Crippen molar-refractivity contribution < 1.29 is 14.4 Å². The Bertz CT molecular complexity index is 397. The summed E-state index contributed by atoms with van der Waals surface area (Å²) in [6, 6.07) is -0.838. The maximum absolute atomic E-state index is 12.6. The highest BCUT2D eigenvalue weighted by molar-refractivity contribution is 5.92. The minimum atomic E-state index is -0.454. The Balaban J connectivity index is 2.13. The molecule has 2 aliphatic heterocycles. The van der Waals surface area contributed by atoms with Crippen molar-refractivity contribution in [2.45, 2.75) is 45.2 Å². The predicted octanol–water partition coefficient (Wildman–Crippen LogP) is -0.266. The van der Waals surface area contributed by atoms with Crippen molar-refractivity contribution in [2.75, 3.05) is 19.6 Å². The molecule has 0 aliphatic carbocycles. The van der Waals surface area contributed by atoms with Gasteiger partial charge in [0.15, 0.2) is 0 Å². The molecule has 2 fully saturated rings. The van der Waals surface area contributed by atoms with Crippen molar-refractivity contribution in [1.82, 2.24) is 15.1 Å². The average Bonchev–Trinajstić information content (AvgIpc) is 2.80. The molecule has 0 aromatic rings. The second-order valence-electron chi connectivity index (χ2n) is 5.22. The van der Waals surface area contributed by atoms with Crippen molar-refractivity contribution >= 4 is 17.7 Å². The van der Waals surface area contributed by atoms with Gasteiger partial charge in [0.05, 0.1) is 0 Å². The van der Waals surface area contributed by atoms with Crippen LogP contribution in [0.15, 0.2) is 0 Å². The van der Waals surface area contributed by atoms with Crippen molar-refractivity contribution in [2.24, 2.45) is 0 Å². The molecule has 2 rings (SSSR count). The van der Waals surface area contributed by atoms with Crippen LogP contribution in [0.5, 0.6) is 0 Å². The maximum atomic E-state index is 12.6. The maximum Gasteiger partial charge on any atom is 0.246 e. The molecule has 19 heavy (non-hydrogen) atoms. The van der Waals surface area contributed by atoms with Crippen molar-refractivity contribution in [3.63, 3.8) is 0 Å². The normalized spacial score (nSPS) is 28.0. The monoisotopic (exact) mass is 267 g/mol. The summed E-state index contributed by atoms with van der Waals surface area (Å²) in [6.45, 7) is 5.05. The molecule has 2 heterocycles. The number of hydrogen-bond donors (Lipinski definition) is 1. The summed E-state index contributed by atoms with van der Waals surface area (Å²) in [5.41, 5.74) is 0. The van der Waals surface area contributed by atoms with Crippen LogP contribution < -0.4 is 5.32 Å². The first-order valence-electron chi connectivity index (χ1n) is 6.87. The Morgan fingerprint density at radius 1 is 1.21 bits per heavy atom. The lowest BCUT2D eigenvalue weighted by molar-refractivity contribution is -0.146. The summed E-state index contributed by atoms with van der Waals surface area (Å²) in [7, 11) is 0. The summed E-state index contributed by atoms with van der Waals surface area (Å²) in [4.78, 5) is 39.1. The molecular formula is C13H21N3O3.